The minimum atomic E-state index is 0.223. The summed E-state index contributed by atoms with van der Waals surface area (Å²) in [7, 11) is 0. The molecule has 6 heterocycles. The Bertz CT molecular complexity index is 1540. The van der Waals surface area contributed by atoms with E-state index in [-0.39, 0.29) is 5.41 Å². The predicted octanol–water partition coefficient (Wildman–Crippen LogP) is 7.66. The summed E-state index contributed by atoms with van der Waals surface area (Å²) < 4.78 is 0. The molecule has 4 nitrogen and oxygen atoms in total. The van der Waals surface area contributed by atoms with Gasteiger partial charge in [0.25, 0.3) is 0 Å². The number of nitrogens with one attached hydrogen (secondary N) is 1. The van der Waals surface area contributed by atoms with Gasteiger partial charge >= 0.3 is 0 Å². The lowest BCUT2D eigenvalue weighted by molar-refractivity contribution is 0.0287. The minimum absolute atomic E-state index is 0.223. The molecule has 5 aliphatic rings. The third-order valence-electron chi connectivity index (χ3n) is 10.7. The lowest BCUT2D eigenvalue weighted by Gasteiger charge is -2.54. The van der Waals surface area contributed by atoms with Gasteiger partial charge in [-0.15, -0.1) is 0 Å². The second-order valence-corrected chi connectivity index (χ2v) is 12.9. The summed E-state index contributed by atoms with van der Waals surface area (Å²) in [6, 6.07) is 12.0. The van der Waals surface area contributed by atoms with Crippen molar-refractivity contribution >= 4 is 27.4 Å². The lowest BCUT2D eigenvalue weighted by atomic mass is 9.57. The Labute approximate surface area is 238 Å². The number of hydrogen-bond donors (Lipinski definition) is 1. The van der Waals surface area contributed by atoms with Gasteiger partial charge in [-0.05, 0) is 107 Å². The molecule has 3 bridgehead atoms. The van der Waals surface area contributed by atoms with Crippen LogP contribution in [0.1, 0.15) is 63.5 Å². The van der Waals surface area contributed by atoms with Gasteiger partial charge in [-0.2, -0.15) is 0 Å². The van der Waals surface area contributed by atoms with Crippen LogP contribution in [0.25, 0.3) is 27.4 Å². The molecule has 0 amide bonds. The highest BCUT2D eigenvalue weighted by atomic mass is 15.3. The van der Waals surface area contributed by atoms with Gasteiger partial charge in [-0.25, -0.2) is 0 Å². The topological polar surface area (TPSA) is 35.2 Å². The lowest BCUT2D eigenvalue weighted by Crippen LogP contribution is -2.57. The Kier molecular flexibility index (Phi) is 6.30. The van der Waals surface area contributed by atoms with Crippen molar-refractivity contribution in [2.75, 3.05) is 26.2 Å². The quantitative estimate of drug-likeness (QED) is 0.328. The van der Waals surface area contributed by atoms with Crippen LogP contribution >= 0.6 is 0 Å². The molecule has 1 aromatic carbocycles. The van der Waals surface area contributed by atoms with Crippen LogP contribution in [-0.2, 0) is 0 Å². The maximum atomic E-state index is 5.16. The van der Waals surface area contributed by atoms with Gasteiger partial charge < -0.3 is 9.88 Å². The summed E-state index contributed by atoms with van der Waals surface area (Å²) in [6.45, 7) is 4.88. The number of aromatic nitrogens is 2. The van der Waals surface area contributed by atoms with Gasteiger partial charge in [0.05, 0.1) is 11.2 Å². The number of allylic oxidation sites excluding steroid dienone is 5. The number of pyridine rings is 1. The molecule has 0 radical (unpaired) electrons. The summed E-state index contributed by atoms with van der Waals surface area (Å²) in [5.41, 5.74) is 6.86. The van der Waals surface area contributed by atoms with Crippen LogP contribution in [0, 0.1) is 11.3 Å². The normalized spacial score (nSPS) is 35.7. The number of H-pyrrole nitrogens is 1. The monoisotopic (exact) mass is 530 g/mol. The summed E-state index contributed by atoms with van der Waals surface area (Å²) >= 11 is 0. The smallest absolute Gasteiger partial charge is 0.0905 e. The molecule has 1 spiro atoms. The fourth-order valence-electron chi connectivity index (χ4n) is 9.06. The van der Waals surface area contributed by atoms with Crippen molar-refractivity contribution in [2.24, 2.45) is 11.3 Å². The molecule has 2 fully saturated rings. The first-order chi connectivity index (χ1) is 19.8. The Balaban J connectivity index is 1.34. The van der Waals surface area contributed by atoms with E-state index in [4.69, 9.17) is 4.98 Å². The molecule has 1 N–H and O–H groups in total. The zero-order valence-electron chi connectivity index (χ0n) is 23.7. The maximum absolute atomic E-state index is 5.16. The van der Waals surface area contributed by atoms with Crippen LogP contribution in [0.15, 0.2) is 78.6 Å². The average molecular weight is 531 g/mol. The Morgan fingerprint density at radius 3 is 2.77 bits per heavy atom. The first-order valence-electron chi connectivity index (χ1n) is 15.9. The average Bonchev–Trinajstić information content (AvgIpc) is 3.48. The Morgan fingerprint density at radius 2 is 1.80 bits per heavy atom. The van der Waals surface area contributed by atoms with E-state index in [0.717, 1.165) is 6.42 Å². The van der Waals surface area contributed by atoms with Gasteiger partial charge in [0.15, 0.2) is 0 Å². The van der Waals surface area contributed by atoms with E-state index >= 15 is 0 Å². The number of aromatic amines is 1. The molecule has 1 aliphatic carbocycles. The summed E-state index contributed by atoms with van der Waals surface area (Å²) in [4.78, 5) is 14.7. The molecule has 8 rings (SSSR count). The van der Waals surface area contributed by atoms with E-state index in [9.17, 15) is 0 Å². The van der Waals surface area contributed by atoms with Crippen molar-refractivity contribution in [3.63, 3.8) is 0 Å². The number of para-hydroxylation sites is 1. The van der Waals surface area contributed by atoms with E-state index in [1.807, 2.05) is 0 Å². The van der Waals surface area contributed by atoms with Crippen molar-refractivity contribution in [1.29, 1.82) is 0 Å². The molecule has 5 atom stereocenters. The highest BCUT2D eigenvalue weighted by molar-refractivity contribution is 6.10. The fraction of sp³-hybridized carbons (Fsp3) is 0.472. The van der Waals surface area contributed by atoms with Crippen LogP contribution in [-0.4, -0.2) is 58.0 Å². The number of benzene rings is 1. The number of piperidine rings is 1. The Hall–Kier alpha value is -2.95. The zero-order chi connectivity index (χ0) is 26.5. The second-order valence-electron chi connectivity index (χ2n) is 12.9. The molecule has 4 aliphatic heterocycles. The molecule has 0 saturated carbocycles. The van der Waals surface area contributed by atoms with Gasteiger partial charge in [0, 0.05) is 46.5 Å². The van der Waals surface area contributed by atoms with Crippen LogP contribution in [0.4, 0.5) is 0 Å². The standard InChI is InChI=1S/C36H42N4/c1-2-5-11-20-39-22-18-31-30(33-34-29(17-19-37-33)28-15-9-10-16-32(28)38-34)23-26(13-7-3-1)35-36(31,25-39)24-27-14-8-4-6-12-21-40(27)35/h1,3,8-10,13-17,19,23,27,31,35,38H,2,4-7,11-12,18,20-22,24-25H2/b3-1-,14-8-,26-13-/t27-,31?,35-,36-/m0/s1. The molecule has 3 aromatic rings. The van der Waals surface area contributed by atoms with Gasteiger partial charge in [-0.3, -0.25) is 9.88 Å². The molecule has 206 valence electrons. The number of nitrogens with zero attached hydrogens (tertiary/aromatic N) is 3. The number of rotatable bonds is 1. The van der Waals surface area contributed by atoms with Crippen molar-refractivity contribution < 1.29 is 0 Å². The molecule has 2 unspecified atom stereocenters. The van der Waals surface area contributed by atoms with E-state index < -0.39 is 0 Å². The van der Waals surface area contributed by atoms with Gasteiger partial charge in [0.2, 0.25) is 0 Å². The highest BCUT2D eigenvalue weighted by Gasteiger charge is 2.60. The Morgan fingerprint density at radius 1 is 0.900 bits per heavy atom. The summed E-state index contributed by atoms with van der Waals surface area (Å²) in [5, 5.41) is 2.60. The number of fused-ring (bicyclic) bond motifs is 5. The molecule has 40 heavy (non-hydrogen) atoms. The summed E-state index contributed by atoms with van der Waals surface area (Å²) in [6.07, 6.45) is 28.3. The largest absolute Gasteiger partial charge is 0.353 e. The van der Waals surface area contributed by atoms with Crippen LogP contribution < -0.4 is 0 Å². The zero-order valence-corrected chi connectivity index (χ0v) is 23.7. The molecular weight excluding hydrogens is 488 g/mol. The van der Waals surface area contributed by atoms with Crippen molar-refractivity contribution in [1.82, 2.24) is 19.8 Å². The number of hydrogen-bond acceptors (Lipinski definition) is 3. The van der Waals surface area contributed by atoms with E-state index in [2.05, 4.69) is 87.8 Å². The fourth-order valence-corrected chi connectivity index (χ4v) is 9.06. The molecule has 2 saturated heterocycles. The van der Waals surface area contributed by atoms with Crippen molar-refractivity contribution in [3.05, 3.63) is 84.3 Å². The SMILES string of the molecule is C1=C(c2nccc3c2[nH]c2ccccc23)C2CCN3CCCC/C=C\C/C=C/1[C@@H]1N4CCCC/C=C\[C@H]4C[C@]21C3. The second kappa shape index (κ2) is 10.2. The molecule has 2 aromatic heterocycles. The first-order valence-corrected chi connectivity index (χ1v) is 15.9. The van der Waals surface area contributed by atoms with Crippen molar-refractivity contribution in [2.45, 2.75) is 69.9 Å². The molecule has 4 heteroatoms. The van der Waals surface area contributed by atoms with Gasteiger partial charge in [0.1, 0.15) is 0 Å². The van der Waals surface area contributed by atoms with E-state index in [1.54, 1.807) is 5.57 Å². The molecular formula is C36H42N4. The van der Waals surface area contributed by atoms with Gasteiger partial charge in [-0.1, -0.05) is 54.7 Å². The summed E-state index contributed by atoms with van der Waals surface area (Å²) in [5.74, 6) is 0.526. The third-order valence-corrected chi connectivity index (χ3v) is 10.7. The first kappa shape index (κ1) is 24.8. The minimum Gasteiger partial charge on any atom is -0.353 e. The van der Waals surface area contributed by atoms with Crippen molar-refractivity contribution in [3.8, 4) is 0 Å². The maximum Gasteiger partial charge on any atom is 0.0905 e. The van der Waals surface area contributed by atoms with Crippen LogP contribution in [0.2, 0.25) is 0 Å². The van der Waals surface area contributed by atoms with E-state index in [1.165, 1.54) is 111 Å². The van der Waals surface area contributed by atoms with Crippen LogP contribution in [0.3, 0.4) is 0 Å². The third kappa shape index (κ3) is 3.98. The van der Waals surface area contributed by atoms with E-state index in [0.29, 0.717) is 18.0 Å². The highest BCUT2D eigenvalue weighted by Crippen LogP contribution is 2.60. The predicted molar refractivity (Wildman–Crippen MR) is 166 cm³/mol. The van der Waals surface area contributed by atoms with Crippen LogP contribution in [0.5, 0.6) is 0 Å².